The molecule has 288 valence electrons. The molecule has 10 fully saturated rings. The molecule has 1 spiro atoms. The van der Waals surface area contributed by atoms with E-state index >= 15 is 0 Å². The number of fused-ring (bicyclic) bond motifs is 6. The molecule has 0 aromatic rings. The number of ether oxygens (including phenoxy) is 9. The Morgan fingerprint density at radius 2 is 1.54 bits per heavy atom. The lowest BCUT2D eigenvalue weighted by molar-refractivity contribution is -0.292. The predicted molar refractivity (Wildman–Crippen MR) is 183 cm³/mol. The number of hydrogen-bond donors (Lipinski definition) is 1. The molecule has 10 aliphatic rings. The normalized spacial score (nSPS) is 51.7. The summed E-state index contributed by atoms with van der Waals surface area (Å²) in [6.07, 6.45) is 4.30. The van der Waals surface area contributed by atoms with Crippen LogP contribution in [0.25, 0.3) is 0 Å². The van der Waals surface area contributed by atoms with Crippen LogP contribution in [0.1, 0.15) is 90.4 Å². The van der Waals surface area contributed by atoms with Crippen LogP contribution in [0.4, 0.5) is 0 Å². The van der Waals surface area contributed by atoms with E-state index in [1.54, 1.807) is 7.11 Å². The Bertz CT molecular complexity index is 1420. The van der Waals surface area contributed by atoms with Gasteiger partial charge in [-0.05, 0) is 62.0 Å². The Labute approximate surface area is 306 Å². The van der Waals surface area contributed by atoms with Gasteiger partial charge >= 0.3 is 0 Å². The van der Waals surface area contributed by atoms with Crippen molar-refractivity contribution in [1.82, 2.24) is 0 Å². The highest BCUT2D eigenvalue weighted by Crippen LogP contribution is 2.54. The minimum absolute atomic E-state index is 0.0145. The van der Waals surface area contributed by atoms with Crippen molar-refractivity contribution in [3.8, 4) is 0 Å². The standard InChI is InChI=1S/C40H56O12/c1-19-11-24-5-7-28-20(2)12-26(45-28)9-10-40-17-33-36(51-40)37-38(50-33)39(52-40)35-29(49-37)8-6-25(47-35)13-22(42)14-27-31(16-30(46-24)21(19)3)48-32(34(27)44-4)15-23(43)18-41/h19,24-39,41H,2-3,5-18H2,1,4H3/t19-,24+,25-,26+,27+,28+,29+,30-,31+,32-,33+,34-,35+,36+,37?,38-,39+,40+/m1/s1. The number of hydrogen-bond acceptors (Lipinski definition) is 12. The molecule has 0 aliphatic carbocycles. The number of aliphatic hydroxyl groups is 1. The van der Waals surface area contributed by atoms with Gasteiger partial charge in [0.2, 0.25) is 0 Å². The molecule has 10 saturated heterocycles. The molecular weight excluding hydrogens is 672 g/mol. The lowest BCUT2D eigenvalue weighted by atomic mass is 9.81. The van der Waals surface area contributed by atoms with Crippen molar-refractivity contribution in [2.45, 2.75) is 188 Å². The van der Waals surface area contributed by atoms with Crippen molar-refractivity contribution in [3.63, 3.8) is 0 Å². The van der Waals surface area contributed by atoms with Gasteiger partial charge in [-0.1, -0.05) is 20.1 Å². The van der Waals surface area contributed by atoms with E-state index in [2.05, 4.69) is 20.1 Å². The smallest absolute Gasteiger partial charge is 0.172 e. The molecule has 12 nitrogen and oxygen atoms in total. The molecule has 0 aromatic carbocycles. The summed E-state index contributed by atoms with van der Waals surface area (Å²) in [6.45, 7) is 10.5. The van der Waals surface area contributed by atoms with Crippen molar-refractivity contribution < 1.29 is 57.3 Å². The number of carbonyl (C=O) groups is 2. The van der Waals surface area contributed by atoms with Crippen molar-refractivity contribution in [2.24, 2.45) is 11.8 Å². The van der Waals surface area contributed by atoms with Gasteiger partial charge in [0.25, 0.3) is 0 Å². The second-order valence-electron chi connectivity index (χ2n) is 17.2. The molecule has 1 unspecified atom stereocenters. The van der Waals surface area contributed by atoms with Gasteiger partial charge in [-0.15, -0.1) is 0 Å². The molecule has 1 N–H and O–H groups in total. The summed E-state index contributed by atoms with van der Waals surface area (Å²) >= 11 is 0. The molecule has 0 amide bonds. The molecule has 12 heteroatoms. The van der Waals surface area contributed by atoms with Crippen LogP contribution in [0.15, 0.2) is 24.3 Å². The fourth-order valence-electron chi connectivity index (χ4n) is 11.2. The average Bonchev–Trinajstić information content (AvgIpc) is 3.79. The van der Waals surface area contributed by atoms with Crippen LogP contribution >= 0.6 is 0 Å². The molecular formula is C40H56O12. The highest BCUT2D eigenvalue weighted by atomic mass is 16.8. The Balaban J connectivity index is 0.995. The Morgan fingerprint density at radius 3 is 2.37 bits per heavy atom. The number of carbonyl (C=O) groups excluding carboxylic acids is 2. The van der Waals surface area contributed by atoms with Gasteiger partial charge in [-0.2, -0.15) is 0 Å². The molecule has 52 heavy (non-hydrogen) atoms. The fourth-order valence-corrected chi connectivity index (χ4v) is 11.2. The zero-order valence-corrected chi connectivity index (χ0v) is 30.6. The Morgan fingerprint density at radius 1 is 0.788 bits per heavy atom. The zero-order chi connectivity index (χ0) is 35.9. The van der Waals surface area contributed by atoms with Crippen LogP contribution in [0.3, 0.4) is 0 Å². The number of rotatable bonds is 4. The summed E-state index contributed by atoms with van der Waals surface area (Å²) < 4.78 is 59.7. The van der Waals surface area contributed by atoms with Crippen LogP contribution in [0.2, 0.25) is 0 Å². The van der Waals surface area contributed by atoms with Gasteiger partial charge in [0.15, 0.2) is 11.6 Å². The van der Waals surface area contributed by atoms with Crippen LogP contribution in [-0.4, -0.2) is 128 Å². The summed E-state index contributed by atoms with van der Waals surface area (Å²) in [5.41, 5.74) is 2.14. The Hall–Kier alpha value is -1.58. The topological polar surface area (TPSA) is 137 Å². The van der Waals surface area contributed by atoms with E-state index < -0.39 is 30.7 Å². The van der Waals surface area contributed by atoms with Crippen LogP contribution in [-0.2, 0) is 52.2 Å². The van der Waals surface area contributed by atoms with Crippen molar-refractivity contribution in [3.05, 3.63) is 24.3 Å². The predicted octanol–water partition coefficient (Wildman–Crippen LogP) is 3.68. The number of methoxy groups -OCH3 is 1. The number of aliphatic hydroxyl groups excluding tert-OH is 1. The van der Waals surface area contributed by atoms with E-state index in [4.69, 9.17) is 42.6 Å². The second-order valence-corrected chi connectivity index (χ2v) is 17.2. The lowest BCUT2D eigenvalue weighted by Crippen LogP contribution is -2.61. The molecule has 18 atom stereocenters. The molecule has 12 bridgehead atoms. The molecule has 10 aliphatic heterocycles. The highest BCUT2D eigenvalue weighted by molar-refractivity contribution is 5.80. The maximum atomic E-state index is 14.0. The monoisotopic (exact) mass is 728 g/mol. The van der Waals surface area contributed by atoms with Gasteiger partial charge < -0.3 is 47.7 Å². The van der Waals surface area contributed by atoms with E-state index in [1.165, 1.54) is 0 Å². The summed E-state index contributed by atoms with van der Waals surface area (Å²) in [7, 11) is 1.60. The largest absolute Gasteiger partial charge is 0.389 e. The van der Waals surface area contributed by atoms with Gasteiger partial charge in [0, 0.05) is 51.6 Å². The highest BCUT2D eigenvalue weighted by Gasteiger charge is 2.68. The first kappa shape index (κ1) is 36.1. The summed E-state index contributed by atoms with van der Waals surface area (Å²) in [4.78, 5) is 26.4. The van der Waals surface area contributed by atoms with Crippen molar-refractivity contribution in [2.75, 3.05) is 13.7 Å². The van der Waals surface area contributed by atoms with E-state index in [-0.39, 0.29) is 116 Å². The third-order valence-corrected chi connectivity index (χ3v) is 13.8. The van der Waals surface area contributed by atoms with Crippen LogP contribution in [0.5, 0.6) is 0 Å². The van der Waals surface area contributed by atoms with Gasteiger partial charge in [-0.25, -0.2) is 0 Å². The first-order valence-electron chi connectivity index (χ1n) is 19.9. The molecule has 0 saturated carbocycles. The van der Waals surface area contributed by atoms with E-state index in [0.29, 0.717) is 25.7 Å². The minimum Gasteiger partial charge on any atom is -0.389 e. The van der Waals surface area contributed by atoms with Crippen molar-refractivity contribution >= 4 is 11.6 Å². The summed E-state index contributed by atoms with van der Waals surface area (Å²) in [5.74, 6) is -1.12. The van der Waals surface area contributed by atoms with E-state index in [0.717, 1.165) is 49.7 Å². The second kappa shape index (κ2) is 14.2. The minimum atomic E-state index is -0.794. The summed E-state index contributed by atoms with van der Waals surface area (Å²) in [6, 6.07) is 0. The third kappa shape index (κ3) is 6.50. The third-order valence-electron chi connectivity index (χ3n) is 13.8. The number of Topliss-reactive ketones (excluding diaryl/α,β-unsaturated/α-hetero) is 2. The van der Waals surface area contributed by atoms with E-state index in [9.17, 15) is 14.7 Å². The first-order valence-corrected chi connectivity index (χ1v) is 19.9. The molecule has 0 aromatic heterocycles. The lowest BCUT2D eigenvalue weighted by Gasteiger charge is -2.47. The maximum absolute atomic E-state index is 14.0. The molecule has 10 heterocycles. The fraction of sp³-hybridized carbons (Fsp3) is 0.850. The van der Waals surface area contributed by atoms with Crippen molar-refractivity contribution in [1.29, 1.82) is 0 Å². The zero-order valence-electron chi connectivity index (χ0n) is 30.6. The average molecular weight is 729 g/mol. The van der Waals surface area contributed by atoms with E-state index in [1.807, 2.05) is 0 Å². The molecule has 10 rings (SSSR count). The molecule has 0 radical (unpaired) electrons. The summed E-state index contributed by atoms with van der Waals surface area (Å²) in [5, 5.41) is 9.56. The van der Waals surface area contributed by atoms with Gasteiger partial charge in [-0.3, -0.25) is 9.59 Å². The van der Waals surface area contributed by atoms with Gasteiger partial charge in [0.05, 0.1) is 61.0 Å². The quantitative estimate of drug-likeness (QED) is 0.423. The van der Waals surface area contributed by atoms with Crippen LogP contribution in [0, 0.1) is 11.8 Å². The maximum Gasteiger partial charge on any atom is 0.172 e. The van der Waals surface area contributed by atoms with Gasteiger partial charge in [0.1, 0.15) is 42.9 Å². The van der Waals surface area contributed by atoms with Crippen LogP contribution < -0.4 is 0 Å². The number of ketones is 2. The Kier molecular flexibility index (Phi) is 9.83. The SMILES string of the molecule is C=C1C[C@@H]2CC[C@@]34C[C@@H]5O[C@@H]6C(O[C@H]7CC[C@H](CC(=O)C[C@@H]8[C@@H](OC)[C@@H](CC(=O)CO)O[C@H]8C[C@H]8O[C@@H](CC[C@@H]1O2)C[C@@H](C)C8=C)O[C@@H]7[C@@H]6O3)[C@H]5O4. The first-order chi connectivity index (χ1) is 25.1.